The van der Waals surface area contributed by atoms with Crippen LogP contribution in [0.25, 0.3) is 0 Å². The fourth-order valence-corrected chi connectivity index (χ4v) is 2.90. The van der Waals surface area contributed by atoms with Crippen molar-refractivity contribution in [2.45, 2.75) is 32.9 Å². The van der Waals surface area contributed by atoms with E-state index in [-0.39, 0.29) is 23.7 Å². The molecule has 1 aromatic carbocycles. The summed E-state index contributed by atoms with van der Waals surface area (Å²) in [4.78, 5) is 16.8. The first-order valence-corrected chi connectivity index (χ1v) is 8.58. The van der Waals surface area contributed by atoms with Crippen molar-refractivity contribution in [3.05, 3.63) is 29.6 Å². The van der Waals surface area contributed by atoms with Gasteiger partial charge in [0.1, 0.15) is 5.82 Å². The van der Waals surface area contributed by atoms with Gasteiger partial charge in [-0.05, 0) is 38.1 Å². The van der Waals surface area contributed by atoms with Gasteiger partial charge in [-0.3, -0.25) is 4.79 Å². The molecule has 3 N–H and O–H groups in total. The zero-order valence-corrected chi connectivity index (χ0v) is 15.1. The SMILES string of the molecule is CC(NC(=O)[C@@H](N)C(C)C)c1cc(F)ccc1N1CCN(C)CC1. The van der Waals surface area contributed by atoms with Crippen molar-refractivity contribution in [2.24, 2.45) is 11.7 Å². The highest BCUT2D eigenvalue weighted by atomic mass is 19.1. The first kappa shape index (κ1) is 18.7. The quantitative estimate of drug-likeness (QED) is 0.860. The average molecular weight is 336 g/mol. The van der Waals surface area contributed by atoms with Crippen LogP contribution >= 0.6 is 0 Å². The Morgan fingerprint density at radius 3 is 2.42 bits per heavy atom. The number of piperazine rings is 1. The van der Waals surface area contributed by atoms with Crippen LogP contribution in [0.15, 0.2) is 18.2 Å². The summed E-state index contributed by atoms with van der Waals surface area (Å²) in [6, 6.07) is 3.94. The van der Waals surface area contributed by atoms with Crippen LogP contribution in [0.2, 0.25) is 0 Å². The summed E-state index contributed by atoms with van der Waals surface area (Å²) in [5, 5.41) is 2.93. The van der Waals surface area contributed by atoms with E-state index in [1.165, 1.54) is 12.1 Å². The topological polar surface area (TPSA) is 61.6 Å². The van der Waals surface area contributed by atoms with Gasteiger partial charge in [0.2, 0.25) is 5.91 Å². The van der Waals surface area contributed by atoms with E-state index in [1.807, 2.05) is 20.8 Å². The number of hydrogen-bond acceptors (Lipinski definition) is 4. The smallest absolute Gasteiger partial charge is 0.237 e. The minimum absolute atomic E-state index is 0.0572. The molecule has 0 aliphatic carbocycles. The molecule has 5 nitrogen and oxygen atoms in total. The third-order valence-electron chi connectivity index (χ3n) is 4.68. The number of nitrogens with two attached hydrogens (primary N) is 1. The maximum atomic E-state index is 13.8. The predicted molar refractivity (Wildman–Crippen MR) is 95.5 cm³/mol. The van der Waals surface area contributed by atoms with Crippen molar-refractivity contribution < 1.29 is 9.18 Å². The van der Waals surface area contributed by atoms with E-state index in [2.05, 4.69) is 22.2 Å². The van der Waals surface area contributed by atoms with Gasteiger partial charge >= 0.3 is 0 Å². The Bertz CT molecular complexity index is 570. The van der Waals surface area contributed by atoms with E-state index in [4.69, 9.17) is 5.73 Å². The summed E-state index contributed by atoms with van der Waals surface area (Å²) in [5.41, 5.74) is 7.69. The lowest BCUT2D eigenvalue weighted by molar-refractivity contribution is -0.123. The number of benzene rings is 1. The van der Waals surface area contributed by atoms with Crippen LogP contribution in [0, 0.1) is 11.7 Å². The minimum atomic E-state index is -0.562. The molecule has 0 radical (unpaired) electrons. The number of anilines is 1. The molecular formula is C18H29FN4O. The fraction of sp³-hybridized carbons (Fsp3) is 0.611. The van der Waals surface area contributed by atoms with Gasteiger partial charge in [-0.25, -0.2) is 4.39 Å². The van der Waals surface area contributed by atoms with Gasteiger partial charge in [0, 0.05) is 37.4 Å². The Morgan fingerprint density at radius 1 is 1.21 bits per heavy atom. The van der Waals surface area contributed by atoms with Gasteiger partial charge in [0.05, 0.1) is 12.1 Å². The second-order valence-electron chi connectivity index (χ2n) is 6.99. The lowest BCUT2D eigenvalue weighted by atomic mass is 10.0. The maximum absolute atomic E-state index is 13.8. The highest BCUT2D eigenvalue weighted by Gasteiger charge is 2.23. The van der Waals surface area contributed by atoms with Gasteiger partial charge < -0.3 is 20.9 Å². The van der Waals surface area contributed by atoms with Crippen LogP contribution in [-0.2, 0) is 4.79 Å². The first-order chi connectivity index (χ1) is 11.3. The van der Waals surface area contributed by atoms with Crippen LogP contribution < -0.4 is 16.0 Å². The first-order valence-electron chi connectivity index (χ1n) is 8.58. The van der Waals surface area contributed by atoms with Crippen molar-refractivity contribution in [3.63, 3.8) is 0 Å². The van der Waals surface area contributed by atoms with Crippen LogP contribution in [0.4, 0.5) is 10.1 Å². The summed E-state index contributed by atoms with van der Waals surface area (Å²) < 4.78 is 13.8. The van der Waals surface area contributed by atoms with E-state index in [0.717, 1.165) is 37.4 Å². The number of likely N-dealkylation sites (N-methyl/N-ethyl adjacent to an activating group) is 1. The summed E-state index contributed by atoms with van der Waals surface area (Å²) in [6.07, 6.45) is 0. The van der Waals surface area contributed by atoms with E-state index in [9.17, 15) is 9.18 Å². The summed E-state index contributed by atoms with van der Waals surface area (Å²) in [5.74, 6) is -0.440. The van der Waals surface area contributed by atoms with Gasteiger partial charge in [0.25, 0.3) is 0 Å². The monoisotopic (exact) mass is 336 g/mol. The Balaban J connectivity index is 2.19. The van der Waals surface area contributed by atoms with Crippen LogP contribution in [0.1, 0.15) is 32.4 Å². The molecular weight excluding hydrogens is 307 g/mol. The van der Waals surface area contributed by atoms with Crippen molar-refractivity contribution >= 4 is 11.6 Å². The van der Waals surface area contributed by atoms with Gasteiger partial charge in [-0.15, -0.1) is 0 Å². The van der Waals surface area contributed by atoms with Crippen LogP contribution in [0.5, 0.6) is 0 Å². The van der Waals surface area contributed by atoms with Crippen molar-refractivity contribution in [1.82, 2.24) is 10.2 Å². The number of carbonyl (C=O) groups is 1. The fourth-order valence-electron chi connectivity index (χ4n) is 2.90. The molecule has 1 heterocycles. The Labute approximate surface area is 144 Å². The Hall–Kier alpha value is -1.66. The Kier molecular flexibility index (Phi) is 6.18. The average Bonchev–Trinajstić information content (AvgIpc) is 2.54. The summed E-state index contributed by atoms with van der Waals surface area (Å²) in [6.45, 7) is 9.41. The van der Waals surface area contributed by atoms with Gasteiger partial charge in [-0.2, -0.15) is 0 Å². The zero-order valence-electron chi connectivity index (χ0n) is 15.1. The molecule has 2 atom stereocenters. The number of carbonyl (C=O) groups excluding carboxylic acids is 1. The normalized spacial score (nSPS) is 18.5. The zero-order chi connectivity index (χ0) is 17.9. The molecule has 1 aromatic rings. The summed E-state index contributed by atoms with van der Waals surface area (Å²) in [7, 11) is 2.10. The van der Waals surface area contributed by atoms with Crippen LogP contribution in [0.3, 0.4) is 0 Å². The van der Waals surface area contributed by atoms with Gasteiger partial charge in [-0.1, -0.05) is 13.8 Å². The minimum Gasteiger partial charge on any atom is -0.369 e. The molecule has 1 fully saturated rings. The second-order valence-corrected chi connectivity index (χ2v) is 6.99. The number of hydrogen-bond donors (Lipinski definition) is 2. The highest BCUT2D eigenvalue weighted by molar-refractivity contribution is 5.82. The number of amides is 1. The molecule has 0 bridgehead atoms. The molecule has 1 saturated heterocycles. The molecule has 1 amide bonds. The van der Waals surface area contributed by atoms with Crippen molar-refractivity contribution in [1.29, 1.82) is 0 Å². The van der Waals surface area contributed by atoms with Crippen LogP contribution in [-0.4, -0.2) is 50.1 Å². The number of halogens is 1. The highest BCUT2D eigenvalue weighted by Crippen LogP contribution is 2.28. The van der Waals surface area contributed by atoms with E-state index < -0.39 is 6.04 Å². The standard InChI is InChI=1S/C18H29FN4O/c1-12(2)17(20)18(24)21-13(3)15-11-14(19)5-6-16(15)23-9-7-22(4)8-10-23/h5-6,11-13,17H,7-10,20H2,1-4H3,(H,21,24)/t13?,17-/m0/s1. The molecule has 1 aliphatic rings. The predicted octanol–water partition coefficient (Wildman–Crippen LogP) is 1.74. The van der Waals surface area contributed by atoms with Crippen molar-refractivity contribution in [2.75, 3.05) is 38.1 Å². The molecule has 6 heteroatoms. The van der Waals surface area contributed by atoms with E-state index in [0.29, 0.717) is 0 Å². The lowest BCUT2D eigenvalue weighted by Crippen LogP contribution is -2.46. The van der Waals surface area contributed by atoms with Crippen molar-refractivity contribution in [3.8, 4) is 0 Å². The molecule has 24 heavy (non-hydrogen) atoms. The Morgan fingerprint density at radius 2 is 1.83 bits per heavy atom. The number of nitrogens with zero attached hydrogens (tertiary/aromatic N) is 2. The number of rotatable bonds is 5. The lowest BCUT2D eigenvalue weighted by Gasteiger charge is -2.36. The van der Waals surface area contributed by atoms with Gasteiger partial charge in [0.15, 0.2) is 0 Å². The molecule has 2 rings (SSSR count). The molecule has 0 saturated carbocycles. The summed E-state index contributed by atoms with van der Waals surface area (Å²) >= 11 is 0. The molecule has 0 aromatic heterocycles. The second kappa shape index (κ2) is 7.94. The largest absolute Gasteiger partial charge is 0.369 e. The molecule has 1 unspecified atom stereocenters. The molecule has 134 valence electrons. The third kappa shape index (κ3) is 4.45. The maximum Gasteiger partial charge on any atom is 0.237 e. The number of nitrogens with one attached hydrogen (secondary N) is 1. The molecule has 0 spiro atoms. The van der Waals surface area contributed by atoms with E-state index in [1.54, 1.807) is 6.07 Å². The molecule has 1 aliphatic heterocycles. The van der Waals surface area contributed by atoms with E-state index >= 15 is 0 Å². The third-order valence-corrected chi connectivity index (χ3v) is 4.68.